The molecule has 0 unspecified atom stereocenters. The molecule has 0 heterocycles. The minimum absolute atomic E-state index is 0.213. The predicted molar refractivity (Wildman–Crippen MR) is 100 cm³/mol. The number of halogens is 3. The van der Waals surface area contributed by atoms with Crippen LogP contribution in [0.15, 0.2) is 66.7 Å². The second kappa shape index (κ2) is 7.70. The standard InChI is InChI=1S/C21H12Cl2FNO/c22-16-7-10-18(20(23)11-16)19(12-25)13-1-3-14(4-2-13)21(26)15-5-8-17(24)9-6-15/h1-11,19H/t19-/m1/s1. The van der Waals surface area contributed by atoms with E-state index in [1.807, 2.05) is 0 Å². The molecule has 3 rings (SSSR count). The van der Waals surface area contributed by atoms with Crippen LogP contribution in [-0.2, 0) is 0 Å². The van der Waals surface area contributed by atoms with Crippen LogP contribution in [0.1, 0.15) is 33.0 Å². The molecule has 128 valence electrons. The van der Waals surface area contributed by atoms with Gasteiger partial charge in [-0.15, -0.1) is 0 Å². The van der Waals surface area contributed by atoms with Gasteiger partial charge in [-0.3, -0.25) is 4.79 Å². The van der Waals surface area contributed by atoms with E-state index in [1.54, 1.807) is 42.5 Å². The van der Waals surface area contributed by atoms with Crippen molar-refractivity contribution in [3.63, 3.8) is 0 Å². The first-order valence-corrected chi connectivity index (χ1v) is 8.50. The van der Waals surface area contributed by atoms with Crippen molar-refractivity contribution >= 4 is 29.0 Å². The molecule has 0 saturated carbocycles. The highest BCUT2D eigenvalue weighted by Gasteiger charge is 2.18. The molecule has 0 saturated heterocycles. The van der Waals surface area contributed by atoms with Crippen molar-refractivity contribution in [2.75, 3.05) is 0 Å². The summed E-state index contributed by atoms with van der Waals surface area (Å²) >= 11 is 12.1. The van der Waals surface area contributed by atoms with Crippen molar-refractivity contribution in [3.05, 3.63) is 105 Å². The number of rotatable bonds is 4. The molecule has 0 spiro atoms. The molecule has 0 aliphatic carbocycles. The molecule has 0 amide bonds. The Labute approximate surface area is 160 Å². The van der Waals surface area contributed by atoms with Crippen LogP contribution in [-0.4, -0.2) is 5.78 Å². The summed E-state index contributed by atoms with van der Waals surface area (Å²) in [6.07, 6.45) is 0. The predicted octanol–water partition coefficient (Wildman–Crippen LogP) is 6.02. The SMILES string of the molecule is N#C[C@H](c1ccc(C(=O)c2ccc(F)cc2)cc1)c1ccc(Cl)cc1Cl. The molecule has 5 heteroatoms. The van der Waals surface area contributed by atoms with Gasteiger partial charge < -0.3 is 0 Å². The van der Waals surface area contributed by atoms with E-state index in [1.165, 1.54) is 24.3 Å². The first-order chi connectivity index (χ1) is 12.5. The van der Waals surface area contributed by atoms with E-state index in [4.69, 9.17) is 23.2 Å². The minimum atomic E-state index is -0.574. The van der Waals surface area contributed by atoms with Crippen molar-refractivity contribution in [1.82, 2.24) is 0 Å². The molecular formula is C21H12Cl2FNO. The van der Waals surface area contributed by atoms with Gasteiger partial charge in [0.25, 0.3) is 0 Å². The summed E-state index contributed by atoms with van der Waals surface area (Å²) in [6.45, 7) is 0. The van der Waals surface area contributed by atoms with Crippen molar-refractivity contribution in [1.29, 1.82) is 5.26 Å². The van der Waals surface area contributed by atoms with E-state index in [9.17, 15) is 14.4 Å². The van der Waals surface area contributed by atoms with E-state index in [2.05, 4.69) is 6.07 Å². The Balaban J connectivity index is 1.89. The zero-order chi connectivity index (χ0) is 18.7. The largest absolute Gasteiger partial charge is 0.289 e. The number of nitrogens with zero attached hydrogens (tertiary/aromatic N) is 1. The fourth-order valence-electron chi connectivity index (χ4n) is 2.65. The number of hydrogen-bond donors (Lipinski definition) is 0. The molecule has 26 heavy (non-hydrogen) atoms. The van der Waals surface area contributed by atoms with E-state index >= 15 is 0 Å². The third-order valence-corrected chi connectivity index (χ3v) is 4.58. The van der Waals surface area contributed by atoms with Gasteiger partial charge in [0.05, 0.1) is 12.0 Å². The van der Waals surface area contributed by atoms with Gasteiger partial charge in [0.1, 0.15) is 5.82 Å². The maximum atomic E-state index is 13.0. The molecule has 0 bridgehead atoms. The number of carbonyl (C=O) groups excluding carboxylic acids is 1. The van der Waals surface area contributed by atoms with Gasteiger partial charge in [0.2, 0.25) is 0 Å². The van der Waals surface area contributed by atoms with Crippen LogP contribution in [0.3, 0.4) is 0 Å². The van der Waals surface area contributed by atoms with Gasteiger partial charge in [-0.1, -0.05) is 53.5 Å². The van der Waals surface area contributed by atoms with Gasteiger partial charge in [-0.05, 0) is 47.5 Å². The lowest BCUT2D eigenvalue weighted by atomic mass is 9.91. The van der Waals surface area contributed by atoms with Crippen molar-refractivity contribution in [2.45, 2.75) is 5.92 Å². The number of hydrogen-bond acceptors (Lipinski definition) is 2. The van der Waals surface area contributed by atoms with Gasteiger partial charge in [-0.25, -0.2) is 4.39 Å². The number of nitriles is 1. The summed E-state index contributed by atoms with van der Waals surface area (Å²) in [5, 5.41) is 10.5. The fraction of sp³-hybridized carbons (Fsp3) is 0.0476. The second-order valence-corrected chi connectivity index (χ2v) is 6.53. The average molecular weight is 384 g/mol. The number of carbonyl (C=O) groups is 1. The Hall–Kier alpha value is -2.67. The highest BCUT2D eigenvalue weighted by atomic mass is 35.5. The molecule has 0 N–H and O–H groups in total. The number of benzene rings is 3. The van der Waals surface area contributed by atoms with Gasteiger partial charge in [-0.2, -0.15) is 5.26 Å². The van der Waals surface area contributed by atoms with Crippen LogP contribution in [0.4, 0.5) is 4.39 Å². The van der Waals surface area contributed by atoms with E-state index in [0.717, 1.165) is 0 Å². The Morgan fingerprint density at radius 3 is 2.04 bits per heavy atom. The third kappa shape index (κ3) is 3.77. The van der Waals surface area contributed by atoms with Gasteiger partial charge >= 0.3 is 0 Å². The lowest BCUT2D eigenvalue weighted by Gasteiger charge is -2.12. The molecule has 2 nitrogen and oxygen atoms in total. The normalized spacial score (nSPS) is 11.6. The maximum Gasteiger partial charge on any atom is 0.193 e. The summed E-state index contributed by atoms with van der Waals surface area (Å²) in [4.78, 5) is 12.4. The molecule has 0 aliphatic heterocycles. The summed E-state index contributed by atoms with van der Waals surface area (Å²) in [5.41, 5.74) is 2.22. The highest BCUT2D eigenvalue weighted by Crippen LogP contribution is 2.32. The van der Waals surface area contributed by atoms with Crippen LogP contribution in [0.2, 0.25) is 10.0 Å². The maximum absolute atomic E-state index is 13.0. The zero-order valence-electron chi connectivity index (χ0n) is 13.4. The summed E-state index contributed by atoms with van der Waals surface area (Å²) < 4.78 is 13.0. The summed E-state index contributed by atoms with van der Waals surface area (Å²) in [7, 11) is 0. The topological polar surface area (TPSA) is 40.9 Å². The van der Waals surface area contributed by atoms with Crippen LogP contribution in [0.5, 0.6) is 0 Å². The first kappa shape index (κ1) is 18.1. The lowest BCUT2D eigenvalue weighted by Crippen LogP contribution is -2.03. The van der Waals surface area contributed by atoms with Crippen LogP contribution >= 0.6 is 23.2 Å². The van der Waals surface area contributed by atoms with Crippen molar-refractivity contribution < 1.29 is 9.18 Å². The van der Waals surface area contributed by atoms with E-state index in [-0.39, 0.29) is 5.78 Å². The molecular weight excluding hydrogens is 372 g/mol. The van der Waals surface area contributed by atoms with Crippen molar-refractivity contribution in [3.8, 4) is 6.07 Å². The van der Waals surface area contributed by atoms with Crippen molar-refractivity contribution in [2.24, 2.45) is 0 Å². The Morgan fingerprint density at radius 1 is 0.923 bits per heavy atom. The minimum Gasteiger partial charge on any atom is -0.289 e. The molecule has 0 radical (unpaired) electrons. The smallest absolute Gasteiger partial charge is 0.193 e. The first-order valence-electron chi connectivity index (χ1n) is 7.74. The molecule has 1 atom stereocenters. The molecule has 0 fully saturated rings. The quantitative estimate of drug-likeness (QED) is 0.516. The van der Waals surface area contributed by atoms with E-state index < -0.39 is 11.7 Å². The monoisotopic (exact) mass is 383 g/mol. The highest BCUT2D eigenvalue weighted by molar-refractivity contribution is 6.35. The summed E-state index contributed by atoms with van der Waals surface area (Å²) in [6, 6.07) is 19.3. The Bertz CT molecular complexity index is 992. The fourth-order valence-corrected chi connectivity index (χ4v) is 3.17. The average Bonchev–Trinajstić information content (AvgIpc) is 2.64. The molecule has 3 aromatic carbocycles. The molecule has 0 aliphatic rings. The van der Waals surface area contributed by atoms with Crippen LogP contribution < -0.4 is 0 Å². The second-order valence-electron chi connectivity index (χ2n) is 5.69. The van der Waals surface area contributed by atoms with Crippen LogP contribution in [0.25, 0.3) is 0 Å². The third-order valence-electron chi connectivity index (χ3n) is 4.02. The number of ketones is 1. The Morgan fingerprint density at radius 2 is 1.50 bits per heavy atom. The Kier molecular flexibility index (Phi) is 5.37. The summed E-state index contributed by atoms with van der Waals surface area (Å²) in [5.74, 6) is -1.18. The zero-order valence-corrected chi connectivity index (χ0v) is 14.9. The molecule has 0 aromatic heterocycles. The van der Waals surface area contributed by atoms with Gasteiger partial charge in [0, 0.05) is 21.2 Å². The van der Waals surface area contributed by atoms with Gasteiger partial charge in [0.15, 0.2) is 5.78 Å². The van der Waals surface area contributed by atoms with E-state index in [0.29, 0.717) is 32.3 Å². The molecule has 3 aromatic rings. The lowest BCUT2D eigenvalue weighted by molar-refractivity contribution is 0.103. The van der Waals surface area contributed by atoms with Crippen LogP contribution in [0, 0.1) is 17.1 Å².